The zero-order valence-electron chi connectivity index (χ0n) is 9.90. The predicted molar refractivity (Wildman–Crippen MR) is 65.3 cm³/mol. The first-order valence-corrected chi connectivity index (χ1v) is 5.64. The molecule has 0 unspecified atom stereocenters. The van der Waals surface area contributed by atoms with E-state index in [1.54, 1.807) is 6.92 Å². The Bertz CT molecular complexity index is 279. The Kier molecular flexibility index (Phi) is 4.63. The highest BCUT2D eigenvalue weighted by Crippen LogP contribution is 2.18. The average Bonchev–Trinajstić information content (AvgIpc) is 2.26. The largest absolute Gasteiger partial charge is 0.389 e. The molecular formula is C13H21NO. The molecule has 2 heteroatoms. The lowest BCUT2D eigenvalue weighted by atomic mass is 10.1. The fraction of sp³-hybridized carbons (Fsp3) is 0.538. The zero-order valence-corrected chi connectivity index (χ0v) is 9.90. The number of aliphatic hydroxyl groups excluding tert-OH is 1. The van der Waals surface area contributed by atoms with Crippen LogP contribution in [0.3, 0.4) is 0 Å². The molecule has 0 aromatic heterocycles. The van der Waals surface area contributed by atoms with Gasteiger partial charge in [0.05, 0.1) is 6.10 Å². The van der Waals surface area contributed by atoms with Crippen LogP contribution in [0.2, 0.25) is 0 Å². The molecule has 1 N–H and O–H groups in total. The van der Waals surface area contributed by atoms with Crippen molar-refractivity contribution >= 4 is 5.69 Å². The quantitative estimate of drug-likeness (QED) is 0.802. The van der Waals surface area contributed by atoms with Crippen molar-refractivity contribution in [2.75, 3.05) is 18.5 Å². The number of nitrogens with zero attached hydrogens (tertiary/aromatic N) is 1. The molecule has 0 heterocycles. The average molecular weight is 207 g/mol. The predicted octanol–water partition coefficient (Wildman–Crippen LogP) is 2.98. The highest BCUT2D eigenvalue weighted by atomic mass is 16.3. The first kappa shape index (κ1) is 12.1. The molecule has 0 aliphatic rings. The molecule has 0 aliphatic heterocycles. The van der Waals surface area contributed by atoms with Crippen molar-refractivity contribution < 1.29 is 5.11 Å². The van der Waals surface area contributed by atoms with Crippen LogP contribution < -0.4 is 4.90 Å². The van der Waals surface area contributed by atoms with Gasteiger partial charge in [-0.05, 0) is 31.0 Å². The van der Waals surface area contributed by atoms with Crippen LogP contribution >= 0.6 is 0 Å². The molecule has 2 nitrogen and oxygen atoms in total. The van der Waals surface area contributed by atoms with Crippen LogP contribution in [-0.2, 0) is 0 Å². The van der Waals surface area contributed by atoms with Gasteiger partial charge < -0.3 is 10.0 Å². The summed E-state index contributed by atoms with van der Waals surface area (Å²) >= 11 is 0. The second-order valence-electron chi connectivity index (χ2n) is 4.04. The Morgan fingerprint density at radius 2 is 1.87 bits per heavy atom. The van der Waals surface area contributed by atoms with Gasteiger partial charge in [-0.2, -0.15) is 0 Å². The van der Waals surface area contributed by atoms with Crippen molar-refractivity contribution in [2.45, 2.75) is 32.8 Å². The lowest BCUT2D eigenvalue weighted by Crippen LogP contribution is -2.18. The molecule has 1 aromatic carbocycles. The van der Waals surface area contributed by atoms with Crippen LogP contribution in [0.1, 0.15) is 38.4 Å². The minimum absolute atomic E-state index is 0.375. The summed E-state index contributed by atoms with van der Waals surface area (Å²) in [6.07, 6.45) is 2.06. The van der Waals surface area contributed by atoms with Gasteiger partial charge in [-0.3, -0.25) is 0 Å². The van der Waals surface area contributed by atoms with Crippen LogP contribution in [-0.4, -0.2) is 18.7 Å². The minimum atomic E-state index is -0.375. The van der Waals surface area contributed by atoms with E-state index >= 15 is 0 Å². The van der Waals surface area contributed by atoms with Crippen molar-refractivity contribution in [2.24, 2.45) is 0 Å². The molecule has 0 aliphatic carbocycles. The van der Waals surface area contributed by atoms with E-state index in [1.165, 1.54) is 18.5 Å². The molecule has 0 saturated heterocycles. The molecule has 1 atom stereocenters. The van der Waals surface area contributed by atoms with Gasteiger partial charge in [-0.1, -0.05) is 25.5 Å². The van der Waals surface area contributed by atoms with Crippen molar-refractivity contribution in [3.8, 4) is 0 Å². The van der Waals surface area contributed by atoms with Gasteiger partial charge in [0.15, 0.2) is 0 Å². The number of unbranched alkanes of at least 4 members (excludes halogenated alkanes) is 1. The second-order valence-corrected chi connectivity index (χ2v) is 4.04. The van der Waals surface area contributed by atoms with Crippen molar-refractivity contribution in [3.63, 3.8) is 0 Å². The lowest BCUT2D eigenvalue weighted by molar-refractivity contribution is 0.199. The van der Waals surface area contributed by atoms with Gasteiger partial charge in [-0.15, -0.1) is 0 Å². The van der Waals surface area contributed by atoms with Gasteiger partial charge in [0.1, 0.15) is 0 Å². The number of rotatable bonds is 5. The Morgan fingerprint density at radius 1 is 1.27 bits per heavy atom. The molecule has 84 valence electrons. The highest BCUT2D eigenvalue weighted by molar-refractivity contribution is 5.47. The standard InChI is InChI=1S/C13H21NO/c1-4-5-10-14(3)13-8-6-12(7-9-13)11(2)15/h6-9,11,15H,4-5,10H2,1-3H3/t11-/m0/s1. The van der Waals surface area contributed by atoms with E-state index in [-0.39, 0.29) is 6.10 Å². The summed E-state index contributed by atoms with van der Waals surface area (Å²) in [5.41, 5.74) is 2.19. The number of anilines is 1. The second kappa shape index (κ2) is 5.76. The van der Waals surface area contributed by atoms with Crippen LogP contribution in [0.25, 0.3) is 0 Å². The topological polar surface area (TPSA) is 23.5 Å². The highest BCUT2D eigenvalue weighted by Gasteiger charge is 2.02. The van der Waals surface area contributed by atoms with Crippen molar-refractivity contribution in [1.29, 1.82) is 0 Å². The fourth-order valence-corrected chi connectivity index (χ4v) is 1.53. The maximum atomic E-state index is 9.38. The third-order valence-electron chi connectivity index (χ3n) is 2.66. The summed E-state index contributed by atoms with van der Waals surface area (Å²) < 4.78 is 0. The Hall–Kier alpha value is -1.02. The van der Waals surface area contributed by atoms with E-state index < -0.39 is 0 Å². The molecule has 1 aromatic rings. The molecule has 0 spiro atoms. The van der Waals surface area contributed by atoms with Gasteiger partial charge >= 0.3 is 0 Å². The van der Waals surface area contributed by atoms with Gasteiger partial charge in [0.2, 0.25) is 0 Å². The monoisotopic (exact) mass is 207 g/mol. The Morgan fingerprint density at radius 3 is 2.33 bits per heavy atom. The van der Waals surface area contributed by atoms with Crippen molar-refractivity contribution in [1.82, 2.24) is 0 Å². The fourth-order valence-electron chi connectivity index (χ4n) is 1.53. The summed E-state index contributed by atoms with van der Waals surface area (Å²) in [6, 6.07) is 8.11. The molecule has 0 amide bonds. The Balaban J connectivity index is 2.62. The summed E-state index contributed by atoms with van der Waals surface area (Å²) in [5, 5.41) is 9.38. The Labute approximate surface area is 92.5 Å². The van der Waals surface area contributed by atoms with Crippen LogP contribution in [0.4, 0.5) is 5.69 Å². The summed E-state index contributed by atoms with van der Waals surface area (Å²) in [5.74, 6) is 0. The molecular weight excluding hydrogens is 186 g/mol. The summed E-state index contributed by atoms with van der Waals surface area (Å²) in [4.78, 5) is 2.25. The maximum absolute atomic E-state index is 9.38. The van der Waals surface area contributed by atoms with E-state index in [1.807, 2.05) is 12.1 Å². The first-order valence-electron chi connectivity index (χ1n) is 5.64. The van der Waals surface area contributed by atoms with Crippen molar-refractivity contribution in [3.05, 3.63) is 29.8 Å². The van der Waals surface area contributed by atoms with E-state index in [9.17, 15) is 5.11 Å². The first-order chi connectivity index (χ1) is 7.15. The molecule has 1 rings (SSSR count). The lowest BCUT2D eigenvalue weighted by Gasteiger charge is -2.19. The third kappa shape index (κ3) is 3.56. The normalized spacial score (nSPS) is 12.5. The number of hydrogen-bond donors (Lipinski definition) is 1. The van der Waals surface area contributed by atoms with Crippen LogP contribution in [0, 0.1) is 0 Å². The zero-order chi connectivity index (χ0) is 11.3. The van der Waals surface area contributed by atoms with E-state index in [4.69, 9.17) is 0 Å². The SMILES string of the molecule is CCCCN(C)c1ccc([C@H](C)O)cc1. The van der Waals surface area contributed by atoms with Gasteiger partial charge in [0, 0.05) is 19.3 Å². The molecule has 0 saturated carbocycles. The molecule has 0 radical (unpaired) electrons. The third-order valence-corrected chi connectivity index (χ3v) is 2.66. The van der Waals surface area contributed by atoms with Gasteiger partial charge in [-0.25, -0.2) is 0 Å². The maximum Gasteiger partial charge on any atom is 0.0761 e. The van der Waals surface area contributed by atoms with E-state index in [2.05, 4.69) is 31.0 Å². The molecule has 0 fully saturated rings. The summed E-state index contributed by atoms with van der Waals surface area (Å²) in [7, 11) is 2.10. The molecule has 0 bridgehead atoms. The van der Waals surface area contributed by atoms with Gasteiger partial charge in [0.25, 0.3) is 0 Å². The number of benzene rings is 1. The smallest absolute Gasteiger partial charge is 0.0761 e. The van der Waals surface area contributed by atoms with Crippen LogP contribution in [0.15, 0.2) is 24.3 Å². The minimum Gasteiger partial charge on any atom is -0.389 e. The van der Waals surface area contributed by atoms with Crippen LogP contribution in [0.5, 0.6) is 0 Å². The summed E-state index contributed by atoms with van der Waals surface area (Å²) in [6.45, 7) is 5.07. The van der Waals surface area contributed by atoms with E-state index in [0.717, 1.165) is 12.1 Å². The van der Waals surface area contributed by atoms with E-state index in [0.29, 0.717) is 0 Å². The molecule has 15 heavy (non-hydrogen) atoms. The number of hydrogen-bond acceptors (Lipinski definition) is 2. The number of aliphatic hydroxyl groups is 1.